The molecule has 0 aliphatic heterocycles. The summed E-state index contributed by atoms with van der Waals surface area (Å²) in [4.78, 5) is 1.68. The lowest BCUT2D eigenvalue weighted by atomic mass is 10.0. The van der Waals surface area contributed by atoms with Gasteiger partial charge in [-0.3, -0.25) is 9.64 Å². The van der Waals surface area contributed by atoms with Crippen LogP contribution in [0.3, 0.4) is 0 Å². The van der Waals surface area contributed by atoms with Gasteiger partial charge >= 0.3 is 13.0 Å². The number of alkyl halides is 5. The minimum atomic E-state index is -4.71. The standard InChI is InChI=1S/C22H26F5NO3/c1-15(31-22(25,26)27)13-20(28(2)3)30-19-10-5-4-8-17(19)12-11-16-7-6-9-18(14-16)29-21(23)24/h4-10,14-15,20-21H,11-13H2,1-3H3. The molecule has 2 aromatic rings. The first-order valence-electron chi connectivity index (χ1n) is 9.73. The zero-order chi connectivity index (χ0) is 23.0. The van der Waals surface area contributed by atoms with Gasteiger partial charge in [-0.05, 0) is 63.2 Å². The van der Waals surface area contributed by atoms with Crippen LogP contribution in [0.4, 0.5) is 22.0 Å². The number of halogens is 5. The van der Waals surface area contributed by atoms with Crippen LogP contribution in [0.15, 0.2) is 48.5 Å². The van der Waals surface area contributed by atoms with E-state index in [1.165, 1.54) is 13.0 Å². The molecule has 0 aliphatic carbocycles. The Labute approximate surface area is 178 Å². The molecule has 9 heteroatoms. The van der Waals surface area contributed by atoms with Gasteiger partial charge in [0.25, 0.3) is 0 Å². The second kappa shape index (κ2) is 11.3. The van der Waals surface area contributed by atoms with Crippen LogP contribution >= 0.6 is 0 Å². The summed E-state index contributed by atoms with van der Waals surface area (Å²) in [7, 11) is 3.42. The van der Waals surface area contributed by atoms with Crippen LogP contribution in [0.25, 0.3) is 0 Å². The van der Waals surface area contributed by atoms with Crippen molar-refractivity contribution in [2.45, 2.75) is 51.5 Å². The normalized spacial score (nSPS) is 14.0. The van der Waals surface area contributed by atoms with E-state index in [9.17, 15) is 22.0 Å². The van der Waals surface area contributed by atoms with Gasteiger partial charge in [-0.15, -0.1) is 13.2 Å². The molecule has 0 amide bonds. The highest BCUT2D eigenvalue weighted by atomic mass is 19.4. The van der Waals surface area contributed by atoms with Crippen molar-refractivity contribution in [3.05, 3.63) is 59.7 Å². The van der Waals surface area contributed by atoms with Crippen LogP contribution in [0.2, 0.25) is 0 Å². The average Bonchev–Trinajstić information content (AvgIpc) is 2.65. The van der Waals surface area contributed by atoms with Gasteiger partial charge in [-0.1, -0.05) is 30.3 Å². The molecular weight excluding hydrogens is 421 g/mol. The van der Waals surface area contributed by atoms with Crippen LogP contribution in [-0.2, 0) is 17.6 Å². The Morgan fingerprint density at radius 2 is 1.65 bits per heavy atom. The topological polar surface area (TPSA) is 30.9 Å². The summed E-state index contributed by atoms with van der Waals surface area (Å²) in [6.45, 7) is -1.55. The van der Waals surface area contributed by atoms with Gasteiger partial charge in [0.15, 0.2) is 6.23 Å². The molecule has 0 fully saturated rings. The first kappa shape index (κ1) is 24.9. The number of hydrogen-bond donors (Lipinski definition) is 0. The SMILES string of the molecule is CC(CC(Oc1ccccc1CCc1cccc(OC(F)F)c1)N(C)C)OC(F)(F)F. The zero-order valence-electron chi connectivity index (χ0n) is 17.5. The maximum absolute atomic E-state index is 12.5. The second-order valence-electron chi connectivity index (χ2n) is 7.28. The Bertz CT molecular complexity index is 814. The third-order valence-electron chi connectivity index (χ3n) is 4.49. The average molecular weight is 447 g/mol. The van der Waals surface area contributed by atoms with E-state index in [4.69, 9.17) is 4.74 Å². The van der Waals surface area contributed by atoms with Crippen molar-refractivity contribution in [2.75, 3.05) is 14.1 Å². The minimum absolute atomic E-state index is 0.00779. The number of rotatable bonds is 11. The van der Waals surface area contributed by atoms with Gasteiger partial charge in [-0.25, -0.2) is 0 Å². The monoisotopic (exact) mass is 447 g/mol. The van der Waals surface area contributed by atoms with Crippen LogP contribution < -0.4 is 9.47 Å². The summed E-state index contributed by atoms with van der Waals surface area (Å²) in [6.07, 6.45) is -5.34. The van der Waals surface area contributed by atoms with E-state index < -0.39 is 25.3 Å². The van der Waals surface area contributed by atoms with E-state index in [1.54, 1.807) is 49.3 Å². The number of nitrogens with zero attached hydrogens (tertiary/aromatic N) is 1. The van der Waals surface area contributed by atoms with E-state index in [0.717, 1.165) is 11.1 Å². The van der Waals surface area contributed by atoms with Gasteiger partial charge in [-0.2, -0.15) is 8.78 Å². The highest BCUT2D eigenvalue weighted by Gasteiger charge is 2.33. The van der Waals surface area contributed by atoms with E-state index in [0.29, 0.717) is 18.6 Å². The maximum atomic E-state index is 12.5. The fraction of sp³-hybridized carbons (Fsp3) is 0.455. The van der Waals surface area contributed by atoms with Gasteiger partial charge in [0, 0.05) is 6.42 Å². The highest BCUT2D eigenvalue weighted by molar-refractivity contribution is 5.35. The van der Waals surface area contributed by atoms with Gasteiger partial charge in [0.05, 0.1) is 6.10 Å². The largest absolute Gasteiger partial charge is 0.522 e. The number of ether oxygens (including phenoxy) is 3. The molecule has 172 valence electrons. The van der Waals surface area contributed by atoms with Crippen molar-refractivity contribution >= 4 is 0 Å². The summed E-state index contributed by atoms with van der Waals surface area (Å²) >= 11 is 0. The van der Waals surface area contributed by atoms with Gasteiger partial charge in [0.2, 0.25) is 0 Å². The van der Waals surface area contributed by atoms with Crippen molar-refractivity contribution < 1.29 is 36.2 Å². The van der Waals surface area contributed by atoms with Crippen molar-refractivity contribution in [2.24, 2.45) is 0 Å². The Morgan fingerprint density at radius 1 is 0.935 bits per heavy atom. The molecule has 2 atom stereocenters. The molecule has 0 aliphatic rings. The van der Waals surface area contributed by atoms with Crippen molar-refractivity contribution in [3.63, 3.8) is 0 Å². The molecule has 31 heavy (non-hydrogen) atoms. The maximum Gasteiger partial charge on any atom is 0.522 e. The van der Waals surface area contributed by atoms with Gasteiger partial charge in [0.1, 0.15) is 11.5 Å². The summed E-state index contributed by atoms with van der Waals surface area (Å²) in [5, 5.41) is 0. The molecule has 2 unspecified atom stereocenters. The second-order valence-corrected chi connectivity index (χ2v) is 7.28. The lowest BCUT2D eigenvalue weighted by Crippen LogP contribution is -2.38. The Morgan fingerprint density at radius 3 is 2.29 bits per heavy atom. The smallest absolute Gasteiger partial charge is 0.475 e. The van der Waals surface area contributed by atoms with Crippen molar-refractivity contribution in [1.29, 1.82) is 0 Å². The molecule has 0 saturated heterocycles. The quantitative estimate of drug-likeness (QED) is 0.329. The summed E-state index contributed by atoms with van der Waals surface area (Å²) in [6, 6.07) is 13.7. The Kier molecular flexibility index (Phi) is 9.06. The summed E-state index contributed by atoms with van der Waals surface area (Å²) in [5.41, 5.74) is 1.66. The van der Waals surface area contributed by atoms with E-state index in [-0.39, 0.29) is 12.2 Å². The molecular formula is C22H26F5NO3. The fourth-order valence-corrected chi connectivity index (χ4v) is 3.05. The van der Waals surface area contributed by atoms with Crippen molar-refractivity contribution in [3.8, 4) is 11.5 Å². The molecule has 0 spiro atoms. The van der Waals surface area contributed by atoms with Crippen LogP contribution in [-0.4, -0.2) is 44.3 Å². The van der Waals surface area contributed by atoms with Crippen LogP contribution in [0, 0.1) is 0 Å². The van der Waals surface area contributed by atoms with Crippen molar-refractivity contribution in [1.82, 2.24) is 4.90 Å². The molecule has 0 bridgehead atoms. The van der Waals surface area contributed by atoms with Crippen LogP contribution in [0.1, 0.15) is 24.5 Å². The molecule has 0 radical (unpaired) electrons. The molecule has 0 saturated carbocycles. The molecule has 2 aromatic carbocycles. The predicted molar refractivity (Wildman–Crippen MR) is 106 cm³/mol. The highest BCUT2D eigenvalue weighted by Crippen LogP contribution is 2.26. The lowest BCUT2D eigenvalue weighted by molar-refractivity contribution is -0.342. The first-order chi connectivity index (χ1) is 14.5. The third kappa shape index (κ3) is 9.10. The molecule has 0 N–H and O–H groups in total. The Balaban J connectivity index is 2.06. The third-order valence-corrected chi connectivity index (χ3v) is 4.49. The van der Waals surface area contributed by atoms with Crippen LogP contribution in [0.5, 0.6) is 11.5 Å². The predicted octanol–water partition coefficient (Wildman–Crippen LogP) is 5.65. The molecule has 0 aromatic heterocycles. The first-order valence-corrected chi connectivity index (χ1v) is 9.73. The molecule has 0 heterocycles. The lowest BCUT2D eigenvalue weighted by Gasteiger charge is -2.29. The minimum Gasteiger partial charge on any atom is -0.475 e. The fourth-order valence-electron chi connectivity index (χ4n) is 3.05. The number of para-hydroxylation sites is 1. The molecule has 4 nitrogen and oxygen atoms in total. The number of hydrogen-bond acceptors (Lipinski definition) is 4. The Hall–Kier alpha value is -2.39. The number of aryl methyl sites for hydroxylation is 2. The van der Waals surface area contributed by atoms with E-state index >= 15 is 0 Å². The van der Waals surface area contributed by atoms with Gasteiger partial charge < -0.3 is 9.47 Å². The summed E-state index contributed by atoms with van der Waals surface area (Å²) < 4.78 is 76.8. The zero-order valence-corrected chi connectivity index (χ0v) is 17.5. The molecule has 2 rings (SSSR count). The summed E-state index contributed by atoms with van der Waals surface area (Å²) in [5.74, 6) is 0.628. The van der Waals surface area contributed by atoms with E-state index in [2.05, 4.69) is 9.47 Å². The van der Waals surface area contributed by atoms with E-state index in [1.807, 2.05) is 12.1 Å². The number of benzene rings is 2.